The van der Waals surface area contributed by atoms with Crippen LogP contribution in [0.2, 0.25) is 0 Å². The van der Waals surface area contributed by atoms with Gasteiger partial charge in [0.15, 0.2) is 11.5 Å². The first-order valence-corrected chi connectivity index (χ1v) is 5.74. The Labute approximate surface area is 102 Å². The van der Waals surface area contributed by atoms with E-state index >= 15 is 0 Å². The second kappa shape index (κ2) is 5.21. The predicted octanol–water partition coefficient (Wildman–Crippen LogP) is 2.95. The highest BCUT2D eigenvalue weighted by atomic mass is 16.5. The molecule has 3 nitrogen and oxygen atoms in total. The number of ether oxygens (including phenoxy) is 1. The molecule has 3 heteroatoms. The third-order valence-electron chi connectivity index (χ3n) is 2.72. The summed E-state index contributed by atoms with van der Waals surface area (Å²) >= 11 is 0. The van der Waals surface area contributed by atoms with E-state index in [2.05, 4.69) is 0 Å². The molecular formula is C14H20O3. The molecule has 0 aliphatic heterocycles. The molecule has 1 N–H and O–H groups in total. The maximum atomic E-state index is 11.8. The number of methoxy groups -OCH3 is 1. The molecule has 0 amide bonds. The van der Waals surface area contributed by atoms with Crippen LogP contribution < -0.4 is 4.74 Å². The van der Waals surface area contributed by atoms with E-state index in [0.29, 0.717) is 18.6 Å². The molecule has 17 heavy (non-hydrogen) atoms. The van der Waals surface area contributed by atoms with Crippen molar-refractivity contribution in [3.63, 3.8) is 0 Å². The van der Waals surface area contributed by atoms with Crippen LogP contribution in [0.3, 0.4) is 0 Å². The van der Waals surface area contributed by atoms with Crippen LogP contribution in [0, 0.1) is 5.41 Å². The first-order valence-electron chi connectivity index (χ1n) is 5.74. The number of hydrogen-bond acceptors (Lipinski definition) is 3. The summed E-state index contributed by atoms with van der Waals surface area (Å²) in [5.74, 6) is 0.814. The van der Waals surface area contributed by atoms with Crippen LogP contribution in [0.5, 0.6) is 11.5 Å². The Morgan fingerprint density at radius 2 is 2.00 bits per heavy atom. The molecule has 0 unspecified atom stereocenters. The second-order valence-corrected chi connectivity index (χ2v) is 5.18. The number of Topliss-reactive ketones (excluding diaryl/α,β-unsaturated/α-hetero) is 1. The summed E-state index contributed by atoms with van der Waals surface area (Å²) in [5.41, 5.74) is 0.707. The molecule has 0 aliphatic carbocycles. The van der Waals surface area contributed by atoms with E-state index in [4.69, 9.17) is 4.74 Å². The monoisotopic (exact) mass is 236 g/mol. The molecular weight excluding hydrogens is 216 g/mol. The molecule has 0 spiro atoms. The third-order valence-corrected chi connectivity index (χ3v) is 2.72. The van der Waals surface area contributed by atoms with Crippen LogP contribution in [-0.4, -0.2) is 18.0 Å². The number of benzene rings is 1. The van der Waals surface area contributed by atoms with Crippen molar-refractivity contribution >= 4 is 5.78 Å². The summed E-state index contributed by atoms with van der Waals surface area (Å²) in [6, 6.07) is 5.18. The van der Waals surface area contributed by atoms with Gasteiger partial charge in [-0.2, -0.15) is 0 Å². The average molecular weight is 236 g/mol. The summed E-state index contributed by atoms with van der Waals surface area (Å²) in [7, 11) is 1.51. The van der Waals surface area contributed by atoms with Crippen molar-refractivity contribution in [2.75, 3.05) is 7.11 Å². The Morgan fingerprint density at radius 1 is 1.35 bits per heavy atom. The van der Waals surface area contributed by atoms with Crippen LogP contribution >= 0.6 is 0 Å². The fourth-order valence-electron chi connectivity index (χ4n) is 1.51. The van der Waals surface area contributed by atoms with Crippen molar-refractivity contribution in [1.82, 2.24) is 0 Å². The van der Waals surface area contributed by atoms with E-state index in [9.17, 15) is 9.90 Å². The molecule has 1 rings (SSSR count). The van der Waals surface area contributed by atoms with E-state index in [0.717, 1.165) is 5.56 Å². The van der Waals surface area contributed by atoms with Crippen LogP contribution in [0.1, 0.15) is 32.8 Å². The zero-order valence-corrected chi connectivity index (χ0v) is 10.9. The summed E-state index contributed by atoms with van der Waals surface area (Å²) in [6.07, 6.45) is 1.18. The number of phenolic OH excluding ortho intramolecular Hbond substituents is 1. The predicted molar refractivity (Wildman–Crippen MR) is 67.4 cm³/mol. The van der Waals surface area contributed by atoms with Gasteiger partial charge in [0.1, 0.15) is 5.78 Å². The first-order chi connectivity index (χ1) is 7.84. The Morgan fingerprint density at radius 3 is 2.53 bits per heavy atom. The Kier molecular flexibility index (Phi) is 4.16. The van der Waals surface area contributed by atoms with Gasteiger partial charge in [-0.15, -0.1) is 0 Å². The second-order valence-electron chi connectivity index (χ2n) is 5.18. The van der Waals surface area contributed by atoms with Crippen molar-refractivity contribution in [3.05, 3.63) is 23.8 Å². The Hall–Kier alpha value is -1.51. The number of hydrogen-bond donors (Lipinski definition) is 1. The van der Waals surface area contributed by atoms with Crippen molar-refractivity contribution in [2.24, 2.45) is 5.41 Å². The van der Waals surface area contributed by atoms with Crippen LogP contribution in [0.25, 0.3) is 0 Å². The number of aryl methyl sites for hydroxylation is 1. The Bertz CT molecular complexity index is 402. The molecule has 1 aromatic rings. The highest BCUT2D eigenvalue weighted by Gasteiger charge is 2.20. The maximum Gasteiger partial charge on any atom is 0.160 e. The number of ketones is 1. The van der Waals surface area contributed by atoms with Gasteiger partial charge in [-0.25, -0.2) is 0 Å². The lowest BCUT2D eigenvalue weighted by Crippen LogP contribution is -2.20. The van der Waals surface area contributed by atoms with Gasteiger partial charge in [0.05, 0.1) is 7.11 Å². The highest BCUT2D eigenvalue weighted by Crippen LogP contribution is 2.27. The van der Waals surface area contributed by atoms with Crippen molar-refractivity contribution in [2.45, 2.75) is 33.6 Å². The minimum Gasteiger partial charge on any atom is -0.504 e. The highest BCUT2D eigenvalue weighted by molar-refractivity contribution is 5.83. The molecule has 0 atom stereocenters. The van der Waals surface area contributed by atoms with Gasteiger partial charge in [0.25, 0.3) is 0 Å². The molecule has 0 fully saturated rings. The van der Waals surface area contributed by atoms with Gasteiger partial charge in [0.2, 0.25) is 0 Å². The number of aromatic hydroxyl groups is 1. The minimum absolute atomic E-state index is 0.124. The summed E-state index contributed by atoms with van der Waals surface area (Å²) in [5, 5.41) is 9.45. The standard InChI is InChI=1S/C14H20O3/c1-14(2,3)13(16)8-6-10-5-7-11(15)12(9-10)17-4/h5,7,9,15H,6,8H2,1-4H3. The molecule has 94 valence electrons. The van der Waals surface area contributed by atoms with Crippen LogP contribution in [0.4, 0.5) is 0 Å². The lowest BCUT2D eigenvalue weighted by atomic mass is 9.87. The zero-order valence-electron chi connectivity index (χ0n) is 10.9. The number of phenols is 1. The summed E-state index contributed by atoms with van der Waals surface area (Å²) < 4.78 is 5.02. The third kappa shape index (κ3) is 3.77. The molecule has 0 heterocycles. The van der Waals surface area contributed by atoms with Gasteiger partial charge in [-0.05, 0) is 24.1 Å². The van der Waals surface area contributed by atoms with E-state index in [1.54, 1.807) is 12.1 Å². The maximum absolute atomic E-state index is 11.8. The summed E-state index contributed by atoms with van der Waals surface area (Å²) in [4.78, 5) is 11.8. The minimum atomic E-state index is -0.291. The molecule has 0 saturated heterocycles. The number of carbonyl (C=O) groups excluding carboxylic acids is 1. The van der Waals surface area contributed by atoms with Crippen LogP contribution in [-0.2, 0) is 11.2 Å². The first kappa shape index (κ1) is 13.6. The fourth-order valence-corrected chi connectivity index (χ4v) is 1.51. The quantitative estimate of drug-likeness (QED) is 0.874. The van der Waals surface area contributed by atoms with Gasteiger partial charge >= 0.3 is 0 Å². The van der Waals surface area contributed by atoms with Crippen molar-refractivity contribution in [1.29, 1.82) is 0 Å². The molecule has 0 aromatic heterocycles. The van der Waals surface area contributed by atoms with E-state index < -0.39 is 0 Å². The normalized spacial score (nSPS) is 11.3. The van der Waals surface area contributed by atoms with E-state index in [-0.39, 0.29) is 16.9 Å². The van der Waals surface area contributed by atoms with E-state index in [1.165, 1.54) is 7.11 Å². The van der Waals surface area contributed by atoms with Gasteiger partial charge < -0.3 is 9.84 Å². The molecule has 0 aliphatic rings. The summed E-state index contributed by atoms with van der Waals surface area (Å²) in [6.45, 7) is 5.77. The average Bonchev–Trinajstić information content (AvgIpc) is 2.26. The largest absolute Gasteiger partial charge is 0.504 e. The molecule has 0 bridgehead atoms. The molecule has 1 aromatic carbocycles. The van der Waals surface area contributed by atoms with E-state index in [1.807, 2.05) is 26.8 Å². The van der Waals surface area contributed by atoms with Gasteiger partial charge in [-0.3, -0.25) is 4.79 Å². The zero-order chi connectivity index (χ0) is 13.1. The fraction of sp³-hybridized carbons (Fsp3) is 0.500. The SMILES string of the molecule is COc1cc(CCC(=O)C(C)(C)C)ccc1O. The number of carbonyl (C=O) groups is 1. The number of rotatable bonds is 4. The smallest absolute Gasteiger partial charge is 0.160 e. The lowest BCUT2D eigenvalue weighted by Gasteiger charge is -2.16. The molecule has 0 radical (unpaired) electrons. The van der Waals surface area contributed by atoms with Gasteiger partial charge in [-0.1, -0.05) is 26.8 Å². The van der Waals surface area contributed by atoms with Gasteiger partial charge in [0, 0.05) is 11.8 Å². The van der Waals surface area contributed by atoms with Crippen molar-refractivity contribution < 1.29 is 14.6 Å². The lowest BCUT2D eigenvalue weighted by molar-refractivity contribution is -0.126. The topological polar surface area (TPSA) is 46.5 Å². The van der Waals surface area contributed by atoms with Crippen molar-refractivity contribution in [3.8, 4) is 11.5 Å². The van der Waals surface area contributed by atoms with Crippen LogP contribution in [0.15, 0.2) is 18.2 Å². The molecule has 0 saturated carbocycles. The Balaban J connectivity index is 2.67.